The van der Waals surface area contributed by atoms with Crippen molar-refractivity contribution in [3.8, 4) is 5.75 Å². The summed E-state index contributed by atoms with van der Waals surface area (Å²) in [5, 5.41) is 0. The molecule has 0 saturated carbocycles. The Hall–Kier alpha value is -1.17. The molecule has 6 heteroatoms. The van der Waals surface area contributed by atoms with Gasteiger partial charge in [0.25, 0.3) is 0 Å². The van der Waals surface area contributed by atoms with Crippen LogP contribution in [0, 0.1) is 0 Å². The van der Waals surface area contributed by atoms with Crippen LogP contribution in [0.5, 0.6) is 5.75 Å². The van der Waals surface area contributed by atoms with E-state index < -0.39 is 12.4 Å². The monoisotopic (exact) mass is 261 g/mol. The van der Waals surface area contributed by atoms with Crippen LogP contribution in [0.4, 0.5) is 12.9 Å². The van der Waals surface area contributed by atoms with E-state index in [2.05, 4.69) is 0 Å². The van der Waals surface area contributed by atoms with Crippen LogP contribution in [0.15, 0.2) is 24.3 Å². The van der Waals surface area contributed by atoms with E-state index in [0.717, 1.165) is 18.9 Å². The normalized spacial score (nSPS) is 11.6. The number of halogens is 3. The standard InChI is InChI=1S/C12H17BF3O2/c1-2-3-8-17-9-10-18-12-7-5-4-6-11(12)13(14,15)16/h4-7H,2-3,8-10H2,1H3/q-1. The minimum Gasteiger partial charge on any atom is -0.494 e. The average Bonchev–Trinajstić information content (AvgIpc) is 2.33. The van der Waals surface area contributed by atoms with E-state index in [1.165, 1.54) is 18.2 Å². The van der Waals surface area contributed by atoms with Gasteiger partial charge in [-0.15, -0.1) is 0 Å². The van der Waals surface area contributed by atoms with E-state index in [-0.39, 0.29) is 12.4 Å². The number of unbranched alkanes of at least 4 members (excludes halogenated alkanes) is 1. The van der Waals surface area contributed by atoms with Gasteiger partial charge in [-0.1, -0.05) is 37.0 Å². The van der Waals surface area contributed by atoms with Gasteiger partial charge in [-0.25, -0.2) is 0 Å². The van der Waals surface area contributed by atoms with Gasteiger partial charge in [0.1, 0.15) is 6.61 Å². The Labute approximate surface area is 105 Å². The Bertz CT molecular complexity index is 355. The van der Waals surface area contributed by atoms with E-state index in [4.69, 9.17) is 9.47 Å². The first-order valence-electron chi connectivity index (χ1n) is 6.05. The molecule has 1 aromatic rings. The molecule has 0 atom stereocenters. The molecule has 18 heavy (non-hydrogen) atoms. The lowest BCUT2D eigenvalue weighted by atomic mass is 9.79. The Balaban J connectivity index is 2.43. The van der Waals surface area contributed by atoms with Crippen LogP contribution >= 0.6 is 0 Å². The van der Waals surface area contributed by atoms with Crippen LogP contribution < -0.4 is 10.2 Å². The Morgan fingerprint density at radius 2 is 1.78 bits per heavy atom. The molecule has 0 heterocycles. The van der Waals surface area contributed by atoms with Crippen molar-refractivity contribution in [3.63, 3.8) is 0 Å². The van der Waals surface area contributed by atoms with E-state index in [0.29, 0.717) is 13.2 Å². The quantitative estimate of drug-likeness (QED) is 0.529. The number of para-hydroxylation sites is 1. The average molecular weight is 261 g/mol. The molecule has 0 radical (unpaired) electrons. The summed E-state index contributed by atoms with van der Waals surface area (Å²) >= 11 is 0. The topological polar surface area (TPSA) is 18.5 Å². The summed E-state index contributed by atoms with van der Waals surface area (Å²) in [6, 6.07) is 5.25. The summed E-state index contributed by atoms with van der Waals surface area (Å²) in [4.78, 5) is 0. The molecule has 1 rings (SSSR count). The molecular formula is C12H17BF3O2-. The molecule has 0 amide bonds. The van der Waals surface area contributed by atoms with Gasteiger partial charge in [0.05, 0.1) is 12.4 Å². The summed E-state index contributed by atoms with van der Waals surface area (Å²) < 4.78 is 48.4. The second-order valence-electron chi connectivity index (χ2n) is 3.93. The predicted molar refractivity (Wildman–Crippen MR) is 66.4 cm³/mol. The van der Waals surface area contributed by atoms with Crippen molar-refractivity contribution in [2.75, 3.05) is 19.8 Å². The SMILES string of the molecule is CCCCOCCOc1ccccc1[B-](F)(F)F. The minimum absolute atomic E-state index is 0.121. The Morgan fingerprint density at radius 3 is 2.44 bits per heavy atom. The molecule has 0 N–H and O–H groups in total. The lowest BCUT2D eigenvalue weighted by molar-refractivity contribution is 0.0983. The summed E-state index contributed by atoms with van der Waals surface area (Å²) in [5.41, 5.74) is -0.689. The first-order valence-corrected chi connectivity index (χ1v) is 6.05. The maximum Gasteiger partial charge on any atom is 0.513 e. The second-order valence-corrected chi connectivity index (χ2v) is 3.93. The molecule has 2 nitrogen and oxygen atoms in total. The van der Waals surface area contributed by atoms with E-state index >= 15 is 0 Å². The fourth-order valence-corrected chi connectivity index (χ4v) is 1.44. The Morgan fingerprint density at radius 1 is 1.06 bits per heavy atom. The van der Waals surface area contributed by atoms with E-state index in [9.17, 15) is 12.9 Å². The molecule has 0 aliphatic heterocycles. The largest absolute Gasteiger partial charge is 0.513 e. The zero-order valence-corrected chi connectivity index (χ0v) is 10.4. The molecule has 0 spiro atoms. The van der Waals surface area contributed by atoms with Gasteiger partial charge in [-0.2, -0.15) is 0 Å². The minimum atomic E-state index is -5.04. The fraction of sp³-hybridized carbons (Fsp3) is 0.500. The molecule has 0 bridgehead atoms. The third kappa shape index (κ3) is 5.00. The summed E-state index contributed by atoms with van der Waals surface area (Å²) in [5.74, 6) is -0.121. The molecule has 0 fully saturated rings. The van der Waals surface area contributed by atoms with Gasteiger partial charge >= 0.3 is 6.98 Å². The fourth-order valence-electron chi connectivity index (χ4n) is 1.44. The van der Waals surface area contributed by atoms with Crippen LogP contribution in [0.2, 0.25) is 0 Å². The van der Waals surface area contributed by atoms with Crippen molar-refractivity contribution in [2.24, 2.45) is 0 Å². The van der Waals surface area contributed by atoms with Gasteiger partial charge in [-0.3, -0.25) is 0 Å². The smallest absolute Gasteiger partial charge is 0.494 e. The maximum absolute atomic E-state index is 12.7. The first kappa shape index (κ1) is 14.9. The van der Waals surface area contributed by atoms with E-state index in [1.807, 2.05) is 6.92 Å². The molecular weight excluding hydrogens is 244 g/mol. The highest BCUT2D eigenvalue weighted by atomic mass is 19.4. The lowest BCUT2D eigenvalue weighted by Crippen LogP contribution is -2.35. The number of benzene rings is 1. The van der Waals surface area contributed by atoms with Crippen LogP contribution in [0.3, 0.4) is 0 Å². The van der Waals surface area contributed by atoms with Crippen LogP contribution in [0.1, 0.15) is 19.8 Å². The molecule has 0 aromatic heterocycles. The van der Waals surface area contributed by atoms with Crippen molar-refractivity contribution in [2.45, 2.75) is 19.8 Å². The Kier molecular flexibility index (Phi) is 6.05. The number of rotatable bonds is 8. The molecule has 0 saturated heterocycles. The van der Waals surface area contributed by atoms with E-state index in [1.54, 1.807) is 0 Å². The van der Waals surface area contributed by atoms with Crippen molar-refractivity contribution in [1.29, 1.82) is 0 Å². The van der Waals surface area contributed by atoms with Crippen LogP contribution in [-0.2, 0) is 4.74 Å². The molecule has 0 aliphatic carbocycles. The second kappa shape index (κ2) is 7.31. The molecule has 0 aliphatic rings. The van der Waals surface area contributed by atoms with Gasteiger partial charge in [-0.05, 0) is 12.5 Å². The first-order chi connectivity index (χ1) is 8.55. The van der Waals surface area contributed by atoms with Gasteiger partial charge < -0.3 is 22.4 Å². The number of hydrogen-bond acceptors (Lipinski definition) is 2. The highest BCUT2D eigenvalue weighted by molar-refractivity contribution is 6.74. The summed E-state index contributed by atoms with van der Waals surface area (Å²) in [6.45, 7) is -1.94. The van der Waals surface area contributed by atoms with Crippen LogP contribution in [-0.4, -0.2) is 26.8 Å². The highest BCUT2D eigenvalue weighted by Gasteiger charge is 2.28. The summed E-state index contributed by atoms with van der Waals surface area (Å²) in [6.07, 6.45) is 1.97. The lowest BCUT2D eigenvalue weighted by Gasteiger charge is -2.19. The van der Waals surface area contributed by atoms with Crippen molar-refractivity contribution in [1.82, 2.24) is 0 Å². The number of ether oxygens (including phenoxy) is 2. The van der Waals surface area contributed by atoms with Crippen LogP contribution in [0.25, 0.3) is 0 Å². The molecule has 0 unspecified atom stereocenters. The third-order valence-corrected chi connectivity index (χ3v) is 2.40. The van der Waals surface area contributed by atoms with Crippen molar-refractivity contribution >= 4 is 12.4 Å². The third-order valence-electron chi connectivity index (χ3n) is 2.40. The highest BCUT2D eigenvalue weighted by Crippen LogP contribution is 2.17. The number of hydrogen-bond donors (Lipinski definition) is 0. The molecule has 102 valence electrons. The predicted octanol–water partition coefficient (Wildman–Crippen LogP) is 2.94. The van der Waals surface area contributed by atoms with Gasteiger partial charge in [0.15, 0.2) is 0 Å². The van der Waals surface area contributed by atoms with Crippen molar-refractivity contribution in [3.05, 3.63) is 24.3 Å². The maximum atomic E-state index is 12.7. The zero-order chi connectivity index (χ0) is 13.4. The molecule has 1 aromatic carbocycles. The van der Waals surface area contributed by atoms with Gasteiger partial charge in [0.2, 0.25) is 0 Å². The van der Waals surface area contributed by atoms with Gasteiger partial charge in [0, 0.05) is 6.61 Å². The summed E-state index contributed by atoms with van der Waals surface area (Å²) in [7, 11) is 0. The van der Waals surface area contributed by atoms with Crippen molar-refractivity contribution < 1.29 is 22.4 Å². The zero-order valence-electron chi connectivity index (χ0n) is 10.4.